The number of rotatable bonds is 1. The van der Waals surface area contributed by atoms with E-state index in [-0.39, 0.29) is 11.8 Å². The van der Waals surface area contributed by atoms with Crippen LogP contribution in [-0.4, -0.2) is 24.8 Å². The highest BCUT2D eigenvalue weighted by molar-refractivity contribution is 6.31. The molecular formula is C14H15ClN2O2. The van der Waals surface area contributed by atoms with Gasteiger partial charge < -0.3 is 4.74 Å². The van der Waals surface area contributed by atoms with Crippen molar-refractivity contribution in [2.75, 3.05) is 18.2 Å². The average Bonchev–Trinajstić information content (AvgIpc) is 2.59. The largest absolute Gasteiger partial charge is 0.381 e. The van der Waals surface area contributed by atoms with E-state index in [2.05, 4.69) is 5.10 Å². The summed E-state index contributed by atoms with van der Waals surface area (Å²) in [6.07, 6.45) is 1.44. The van der Waals surface area contributed by atoms with Gasteiger partial charge in [-0.2, -0.15) is 5.10 Å². The Morgan fingerprint density at radius 1 is 1.42 bits per heavy atom. The quantitative estimate of drug-likeness (QED) is 0.793. The van der Waals surface area contributed by atoms with Crippen LogP contribution < -0.4 is 5.01 Å². The van der Waals surface area contributed by atoms with Crippen LogP contribution in [0, 0.1) is 12.8 Å². The van der Waals surface area contributed by atoms with E-state index in [1.54, 1.807) is 6.07 Å². The van der Waals surface area contributed by atoms with Crippen molar-refractivity contribution in [2.24, 2.45) is 11.0 Å². The van der Waals surface area contributed by atoms with Crippen LogP contribution in [-0.2, 0) is 9.53 Å². The Kier molecular flexibility index (Phi) is 3.29. The third kappa shape index (κ3) is 2.26. The normalized spacial score (nSPS) is 23.1. The zero-order chi connectivity index (χ0) is 13.4. The Hall–Kier alpha value is -1.39. The number of fused-ring (bicyclic) bond motifs is 1. The lowest BCUT2D eigenvalue weighted by atomic mass is 9.99. The van der Waals surface area contributed by atoms with Gasteiger partial charge in [0.2, 0.25) is 0 Å². The predicted molar refractivity (Wildman–Crippen MR) is 74.7 cm³/mol. The summed E-state index contributed by atoms with van der Waals surface area (Å²) in [6.45, 7) is 3.20. The van der Waals surface area contributed by atoms with E-state index >= 15 is 0 Å². The molecule has 2 aliphatic heterocycles. The lowest BCUT2D eigenvalue weighted by molar-refractivity contribution is -0.120. The first-order chi connectivity index (χ1) is 9.16. The van der Waals surface area contributed by atoms with Crippen molar-refractivity contribution in [1.29, 1.82) is 0 Å². The van der Waals surface area contributed by atoms with Crippen LogP contribution in [0.1, 0.15) is 18.4 Å². The van der Waals surface area contributed by atoms with Crippen LogP contribution in [0.5, 0.6) is 0 Å². The summed E-state index contributed by atoms with van der Waals surface area (Å²) < 4.78 is 5.38. The van der Waals surface area contributed by atoms with Crippen LogP contribution in [0.2, 0.25) is 5.02 Å². The molecule has 0 N–H and O–H groups in total. The standard InChI is InChI=1S/C14H15ClN2O2/c1-9-2-3-10(8-12(9)15)17-14(18)11-4-6-19-7-5-13(11)16-17/h2-3,8,11H,4-7H2,1H3. The van der Waals surface area contributed by atoms with Crippen LogP contribution in [0.3, 0.4) is 0 Å². The number of hydrazone groups is 1. The molecule has 100 valence electrons. The summed E-state index contributed by atoms with van der Waals surface area (Å²) in [5.74, 6) is -0.0944. The molecule has 1 fully saturated rings. The molecule has 0 aliphatic carbocycles. The van der Waals surface area contributed by atoms with Gasteiger partial charge in [0, 0.05) is 18.1 Å². The molecule has 5 heteroatoms. The van der Waals surface area contributed by atoms with Gasteiger partial charge in [-0.1, -0.05) is 17.7 Å². The van der Waals surface area contributed by atoms with Crippen molar-refractivity contribution in [3.8, 4) is 0 Å². The molecule has 2 heterocycles. The Morgan fingerprint density at radius 3 is 3.05 bits per heavy atom. The molecule has 0 spiro atoms. The maximum Gasteiger partial charge on any atom is 0.256 e. The molecule has 19 heavy (non-hydrogen) atoms. The highest BCUT2D eigenvalue weighted by Crippen LogP contribution is 2.30. The maximum absolute atomic E-state index is 12.4. The molecule has 0 radical (unpaired) electrons. The van der Waals surface area contributed by atoms with Gasteiger partial charge in [0.15, 0.2) is 0 Å². The van der Waals surface area contributed by atoms with Gasteiger partial charge in [0.05, 0.1) is 23.9 Å². The average molecular weight is 279 g/mol. The number of benzene rings is 1. The fraction of sp³-hybridized carbons (Fsp3) is 0.429. The first-order valence-electron chi connectivity index (χ1n) is 6.42. The summed E-state index contributed by atoms with van der Waals surface area (Å²) in [7, 11) is 0. The van der Waals surface area contributed by atoms with Crippen LogP contribution >= 0.6 is 11.6 Å². The van der Waals surface area contributed by atoms with E-state index < -0.39 is 0 Å². The van der Waals surface area contributed by atoms with Gasteiger partial charge in [-0.25, -0.2) is 5.01 Å². The third-order valence-corrected chi connectivity index (χ3v) is 4.00. The van der Waals surface area contributed by atoms with E-state index in [0.29, 0.717) is 24.7 Å². The highest BCUT2D eigenvalue weighted by Gasteiger charge is 2.37. The van der Waals surface area contributed by atoms with E-state index in [1.807, 2.05) is 19.1 Å². The van der Waals surface area contributed by atoms with Gasteiger partial charge in [0.1, 0.15) is 0 Å². The maximum atomic E-state index is 12.4. The zero-order valence-corrected chi connectivity index (χ0v) is 11.5. The molecule has 0 saturated carbocycles. The third-order valence-electron chi connectivity index (χ3n) is 3.59. The number of carbonyl (C=O) groups is 1. The predicted octanol–water partition coefficient (Wildman–Crippen LogP) is 2.78. The van der Waals surface area contributed by atoms with Gasteiger partial charge in [-0.15, -0.1) is 0 Å². The molecule has 1 aromatic rings. The zero-order valence-electron chi connectivity index (χ0n) is 10.7. The van der Waals surface area contributed by atoms with Crippen molar-refractivity contribution in [3.63, 3.8) is 0 Å². The molecule has 4 nitrogen and oxygen atoms in total. The second-order valence-corrected chi connectivity index (χ2v) is 5.29. The first kappa shape index (κ1) is 12.6. The van der Waals surface area contributed by atoms with Crippen molar-refractivity contribution >= 4 is 28.9 Å². The number of amides is 1. The van der Waals surface area contributed by atoms with E-state index in [9.17, 15) is 4.79 Å². The van der Waals surface area contributed by atoms with Crippen molar-refractivity contribution < 1.29 is 9.53 Å². The monoisotopic (exact) mass is 278 g/mol. The smallest absolute Gasteiger partial charge is 0.256 e. The number of hydrogen-bond donors (Lipinski definition) is 0. The summed E-state index contributed by atoms with van der Waals surface area (Å²) in [5.41, 5.74) is 2.66. The molecular weight excluding hydrogens is 264 g/mol. The van der Waals surface area contributed by atoms with Gasteiger partial charge in [-0.3, -0.25) is 4.79 Å². The molecule has 3 rings (SSSR count). The van der Waals surface area contributed by atoms with Crippen LogP contribution in [0.4, 0.5) is 5.69 Å². The number of anilines is 1. The van der Waals surface area contributed by atoms with E-state index in [1.165, 1.54) is 5.01 Å². The SMILES string of the molecule is Cc1ccc(N2N=C3CCOCCC3C2=O)cc1Cl. The minimum atomic E-state index is -0.123. The number of halogens is 1. The summed E-state index contributed by atoms with van der Waals surface area (Å²) >= 11 is 6.11. The molecule has 1 amide bonds. The fourth-order valence-corrected chi connectivity index (χ4v) is 2.61. The highest BCUT2D eigenvalue weighted by atomic mass is 35.5. The van der Waals surface area contributed by atoms with Gasteiger partial charge in [-0.05, 0) is 31.0 Å². The lowest BCUT2D eigenvalue weighted by Crippen LogP contribution is -2.27. The number of aryl methyl sites for hydroxylation is 1. The van der Waals surface area contributed by atoms with Crippen molar-refractivity contribution in [1.82, 2.24) is 0 Å². The molecule has 0 bridgehead atoms. The van der Waals surface area contributed by atoms with E-state index in [4.69, 9.17) is 16.3 Å². The fourth-order valence-electron chi connectivity index (χ4n) is 2.43. The van der Waals surface area contributed by atoms with Gasteiger partial charge in [0.25, 0.3) is 5.91 Å². The molecule has 1 atom stereocenters. The number of carbonyl (C=O) groups excluding carboxylic acids is 1. The van der Waals surface area contributed by atoms with Crippen LogP contribution in [0.15, 0.2) is 23.3 Å². The Bertz CT molecular complexity index is 556. The molecule has 0 aromatic heterocycles. The summed E-state index contributed by atoms with van der Waals surface area (Å²) in [4.78, 5) is 12.4. The first-order valence-corrected chi connectivity index (χ1v) is 6.80. The van der Waals surface area contributed by atoms with Crippen molar-refractivity contribution in [2.45, 2.75) is 19.8 Å². The summed E-state index contributed by atoms with van der Waals surface area (Å²) in [6, 6.07) is 5.58. The van der Waals surface area contributed by atoms with E-state index in [0.717, 1.165) is 23.4 Å². The second-order valence-electron chi connectivity index (χ2n) is 4.88. The molecule has 2 aliphatic rings. The van der Waals surface area contributed by atoms with Gasteiger partial charge >= 0.3 is 0 Å². The number of nitrogens with zero attached hydrogens (tertiary/aromatic N) is 2. The molecule has 1 unspecified atom stereocenters. The number of ether oxygens (including phenoxy) is 1. The minimum Gasteiger partial charge on any atom is -0.381 e. The second kappa shape index (κ2) is 4.94. The van der Waals surface area contributed by atoms with Crippen LogP contribution in [0.25, 0.3) is 0 Å². The molecule has 1 saturated heterocycles. The molecule has 1 aromatic carbocycles. The lowest BCUT2D eigenvalue weighted by Gasteiger charge is -2.14. The Labute approximate surface area is 117 Å². The summed E-state index contributed by atoms with van der Waals surface area (Å²) in [5, 5.41) is 6.59. The minimum absolute atomic E-state index is 0.0282. The number of hydrogen-bond acceptors (Lipinski definition) is 3. The Balaban J connectivity index is 1.93. The Morgan fingerprint density at radius 2 is 2.26 bits per heavy atom. The van der Waals surface area contributed by atoms with Crippen molar-refractivity contribution in [3.05, 3.63) is 28.8 Å². The topological polar surface area (TPSA) is 41.9 Å².